The molecule has 0 saturated heterocycles. The van der Waals surface area contributed by atoms with E-state index >= 15 is 0 Å². The van der Waals surface area contributed by atoms with Gasteiger partial charge in [0.15, 0.2) is 0 Å². The van der Waals surface area contributed by atoms with Crippen LogP contribution < -0.4 is 0 Å². The zero-order valence-electron chi connectivity index (χ0n) is 8.57. The summed E-state index contributed by atoms with van der Waals surface area (Å²) in [4.78, 5) is 10.7. The Morgan fingerprint density at radius 1 is 1.57 bits per heavy atom. The first-order valence-corrected chi connectivity index (χ1v) is 5.70. The summed E-state index contributed by atoms with van der Waals surface area (Å²) in [5.41, 5.74) is 0. The van der Waals surface area contributed by atoms with Crippen LogP contribution in [0.5, 0.6) is 0 Å². The van der Waals surface area contributed by atoms with Gasteiger partial charge in [-0.05, 0) is 13.3 Å². The maximum absolute atomic E-state index is 10.9. The number of hydrogen-bond donors (Lipinski definition) is 1. The molecule has 4 heteroatoms. The summed E-state index contributed by atoms with van der Waals surface area (Å²) in [6, 6.07) is 0. The van der Waals surface area contributed by atoms with E-state index in [-0.39, 0.29) is 10.8 Å². The highest BCUT2D eigenvalue weighted by Gasteiger charge is 2.11. The molecule has 0 aliphatic heterocycles. The van der Waals surface area contributed by atoms with E-state index in [2.05, 4.69) is 15.9 Å². The van der Waals surface area contributed by atoms with Gasteiger partial charge in [0.05, 0.1) is 17.5 Å². The molecule has 0 bridgehead atoms. The van der Waals surface area contributed by atoms with Crippen LogP contribution in [0.4, 0.5) is 0 Å². The third kappa shape index (κ3) is 6.16. The number of halogens is 1. The first-order valence-electron chi connectivity index (χ1n) is 4.78. The van der Waals surface area contributed by atoms with Crippen LogP contribution in [0, 0.1) is 0 Å². The lowest BCUT2D eigenvalue weighted by molar-refractivity contribution is -0.137. The molecule has 0 unspecified atom stereocenters. The third-order valence-electron chi connectivity index (χ3n) is 1.65. The lowest BCUT2D eigenvalue weighted by atomic mass is 10.1. The molecule has 0 spiro atoms. The molecule has 0 aromatic heterocycles. The van der Waals surface area contributed by atoms with Crippen molar-refractivity contribution >= 4 is 21.9 Å². The number of ether oxygens (including phenoxy) is 1. The molecule has 2 atom stereocenters. The predicted octanol–water partition coefficient (Wildman–Crippen LogP) is 2.03. The molecule has 0 fully saturated rings. The molecule has 0 aromatic carbocycles. The van der Waals surface area contributed by atoms with Gasteiger partial charge in [0.25, 0.3) is 0 Å². The molecule has 0 aliphatic rings. The number of carbonyl (C=O) groups excluding carboxylic acids is 1. The van der Waals surface area contributed by atoms with E-state index in [1.54, 1.807) is 13.0 Å². The van der Waals surface area contributed by atoms with Crippen molar-refractivity contribution < 1.29 is 14.6 Å². The monoisotopic (exact) mass is 264 g/mol. The van der Waals surface area contributed by atoms with E-state index < -0.39 is 6.10 Å². The number of aliphatic hydroxyl groups excluding tert-OH is 1. The Balaban J connectivity index is 3.90. The fourth-order valence-corrected chi connectivity index (χ4v) is 1.36. The molecule has 0 radical (unpaired) electrons. The maximum atomic E-state index is 10.9. The van der Waals surface area contributed by atoms with Gasteiger partial charge >= 0.3 is 5.97 Å². The highest BCUT2D eigenvalue weighted by molar-refractivity contribution is 9.09. The van der Waals surface area contributed by atoms with E-state index in [1.807, 2.05) is 6.92 Å². The van der Waals surface area contributed by atoms with Gasteiger partial charge in [-0.2, -0.15) is 0 Å². The van der Waals surface area contributed by atoms with Crippen molar-refractivity contribution in [1.82, 2.24) is 0 Å². The quantitative estimate of drug-likeness (QED) is 0.454. The van der Waals surface area contributed by atoms with Crippen molar-refractivity contribution in [2.45, 2.75) is 37.6 Å². The molecule has 1 N–H and O–H groups in total. The van der Waals surface area contributed by atoms with Crippen molar-refractivity contribution in [3.8, 4) is 0 Å². The summed E-state index contributed by atoms with van der Waals surface area (Å²) in [5.74, 6) is -0.374. The van der Waals surface area contributed by atoms with E-state index in [4.69, 9.17) is 4.74 Å². The average Bonchev–Trinajstić information content (AvgIpc) is 2.15. The molecular formula is C10H17BrO3. The Hall–Kier alpha value is -0.350. The van der Waals surface area contributed by atoms with Gasteiger partial charge in [-0.3, -0.25) is 0 Å². The third-order valence-corrected chi connectivity index (χ3v) is 2.57. The van der Waals surface area contributed by atoms with Crippen molar-refractivity contribution in [3.63, 3.8) is 0 Å². The summed E-state index contributed by atoms with van der Waals surface area (Å²) >= 11 is 3.28. The Morgan fingerprint density at radius 3 is 2.71 bits per heavy atom. The van der Waals surface area contributed by atoms with E-state index in [9.17, 15) is 9.90 Å². The summed E-state index contributed by atoms with van der Waals surface area (Å²) in [5, 5.41) is 9.51. The molecule has 14 heavy (non-hydrogen) atoms. The highest BCUT2D eigenvalue weighted by atomic mass is 79.9. The molecule has 0 amide bonds. The number of esters is 1. The average molecular weight is 265 g/mol. The van der Waals surface area contributed by atoms with E-state index in [1.165, 1.54) is 6.08 Å². The number of hydrogen-bond acceptors (Lipinski definition) is 3. The van der Waals surface area contributed by atoms with Gasteiger partial charge in [0.2, 0.25) is 0 Å². The van der Waals surface area contributed by atoms with Gasteiger partial charge in [-0.25, -0.2) is 4.79 Å². The number of carbonyl (C=O) groups is 1. The van der Waals surface area contributed by atoms with E-state index in [0.29, 0.717) is 13.0 Å². The molecule has 0 rings (SSSR count). The second-order valence-corrected chi connectivity index (χ2v) is 3.97. The Kier molecular flexibility index (Phi) is 7.80. The molecule has 0 aromatic rings. The van der Waals surface area contributed by atoms with Gasteiger partial charge in [0.1, 0.15) is 0 Å². The molecule has 82 valence electrons. The number of aliphatic hydroxyl groups is 1. The summed E-state index contributed by atoms with van der Waals surface area (Å²) in [6.07, 6.45) is 4.12. The predicted molar refractivity (Wildman–Crippen MR) is 59.4 cm³/mol. The van der Waals surface area contributed by atoms with Crippen LogP contribution in [0.25, 0.3) is 0 Å². The van der Waals surface area contributed by atoms with Crippen LogP contribution in [0.1, 0.15) is 26.7 Å². The Morgan fingerprint density at radius 2 is 2.21 bits per heavy atom. The molecule has 0 aliphatic carbocycles. The summed E-state index contributed by atoms with van der Waals surface area (Å²) in [7, 11) is 0. The topological polar surface area (TPSA) is 46.5 Å². The van der Waals surface area contributed by atoms with Crippen LogP contribution in [0.2, 0.25) is 0 Å². The van der Waals surface area contributed by atoms with Crippen molar-refractivity contribution in [2.24, 2.45) is 0 Å². The standard InChI is InChI=1S/C10H17BrO3/c1-3-5-9(12)8(11)6-7-10(13)14-4-2/h6-9,12H,3-5H2,1-2H3/b7-6+/t8-,9-/m0/s1. The highest BCUT2D eigenvalue weighted by Crippen LogP contribution is 2.12. The van der Waals surface area contributed by atoms with Gasteiger partial charge in [-0.1, -0.05) is 35.4 Å². The normalized spacial score (nSPS) is 15.4. The molecule has 0 heterocycles. The van der Waals surface area contributed by atoms with Crippen molar-refractivity contribution in [2.75, 3.05) is 6.61 Å². The lowest BCUT2D eigenvalue weighted by Crippen LogP contribution is -2.18. The fraction of sp³-hybridized carbons (Fsp3) is 0.700. The first-order chi connectivity index (χ1) is 6.61. The number of alkyl halides is 1. The van der Waals surface area contributed by atoms with Crippen molar-refractivity contribution in [1.29, 1.82) is 0 Å². The fourth-order valence-electron chi connectivity index (χ4n) is 0.944. The maximum Gasteiger partial charge on any atom is 0.330 e. The molecule has 0 saturated carbocycles. The zero-order valence-corrected chi connectivity index (χ0v) is 10.2. The van der Waals surface area contributed by atoms with Crippen LogP contribution in [-0.2, 0) is 9.53 Å². The van der Waals surface area contributed by atoms with Crippen LogP contribution in [-0.4, -0.2) is 28.6 Å². The van der Waals surface area contributed by atoms with Crippen LogP contribution >= 0.6 is 15.9 Å². The Labute approximate surface area is 93.3 Å². The van der Waals surface area contributed by atoms with E-state index in [0.717, 1.165) is 6.42 Å². The minimum atomic E-state index is -0.453. The van der Waals surface area contributed by atoms with Gasteiger partial charge in [0, 0.05) is 6.08 Å². The molecular weight excluding hydrogens is 248 g/mol. The SMILES string of the molecule is CCC[C@H](O)[C@@H](Br)/C=C/C(=O)OCC. The van der Waals surface area contributed by atoms with Gasteiger partial charge in [-0.15, -0.1) is 0 Å². The van der Waals surface area contributed by atoms with Gasteiger partial charge < -0.3 is 9.84 Å². The second kappa shape index (κ2) is 8.00. The number of rotatable bonds is 6. The summed E-state index contributed by atoms with van der Waals surface area (Å²) in [6.45, 7) is 4.12. The Bertz CT molecular complexity index is 192. The zero-order chi connectivity index (χ0) is 11.0. The minimum absolute atomic E-state index is 0.188. The minimum Gasteiger partial charge on any atom is -0.463 e. The summed E-state index contributed by atoms with van der Waals surface area (Å²) < 4.78 is 4.70. The first kappa shape index (κ1) is 13.7. The largest absolute Gasteiger partial charge is 0.463 e. The smallest absolute Gasteiger partial charge is 0.330 e. The molecule has 3 nitrogen and oxygen atoms in total. The second-order valence-electron chi connectivity index (χ2n) is 2.91. The lowest BCUT2D eigenvalue weighted by Gasteiger charge is -2.11. The van der Waals surface area contributed by atoms with Crippen molar-refractivity contribution in [3.05, 3.63) is 12.2 Å². The van der Waals surface area contributed by atoms with Crippen LogP contribution in [0.15, 0.2) is 12.2 Å². The van der Waals surface area contributed by atoms with Crippen LogP contribution in [0.3, 0.4) is 0 Å².